The van der Waals surface area contributed by atoms with E-state index in [0.717, 1.165) is 12.8 Å². The largest absolute Gasteiger partial charge is 0.465 e. The Morgan fingerprint density at radius 2 is 1.87 bits per heavy atom. The lowest BCUT2D eigenvalue weighted by Gasteiger charge is -2.29. The molecule has 86 valence electrons. The normalized spacial score (nSPS) is 18.1. The van der Waals surface area contributed by atoms with Crippen LogP contribution in [0.5, 0.6) is 0 Å². The van der Waals surface area contributed by atoms with Crippen molar-refractivity contribution in [3.63, 3.8) is 0 Å². The van der Waals surface area contributed by atoms with Crippen molar-refractivity contribution in [3.8, 4) is 0 Å². The van der Waals surface area contributed by atoms with E-state index < -0.39 is 17.6 Å². The second-order valence-electron chi connectivity index (χ2n) is 5.03. The predicted molar refractivity (Wildman–Crippen MR) is 55.6 cm³/mol. The van der Waals surface area contributed by atoms with Gasteiger partial charge in [-0.3, -0.25) is 4.79 Å². The van der Waals surface area contributed by atoms with Crippen LogP contribution in [0.2, 0.25) is 0 Å². The van der Waals surface area contributed by atoms with E-state index in [4.69, 9.17) is 5.11 Å². The zero-order chi connectivity index (χ0) is 11.6. The molecule has 0 aromatic carbocycles. The van der Waals surface area contributed by atoms with Crippen LogP contribution >= 0.6 is 0 Å². The van der Waals surface area contributed by atoms with Crippen LogP contribution in [0, 0.1) is 5.41 Å². The molecule has 1 fully saturated rings. The van der Waals surface area contributed by atoms with Crippen molar-refractivity contribution >= 4 is 12.0 Å². The van der Waals surface area contributed by atoms with Gasteiger partial charge < -0.3 is 15.7 Å². The lowest BCUT2D eigenvalue weighted by molar-refractivity contribution is -0.125. The summed E-state index contributed by atoms with van der Waals surface area (Å²) in [6.45, 7) is 5.50. The van der Waals surface area contributed by atoms with Gasteiger partial charge in [0.05, 0.1) is 0 Å². The van der Waals surface area contributed by atoms with Crippen LogP contribution in [0.25, 0.3) is 0 Å². The van der Waals surface area contributed by atoms with Gasteiger partial charge in [0.1, 0.15) is 6.04 Å². The number of carboxylic acid groups (broad SMARTS) is 1. The molecule has 0 spiro atoms. The number of rotatable bonds is 3. The molecule has 3 N–H and O–H groups in total. The van der Waals surface area contributed by atoms with Crippen LogP contribution in [-0.2, 0) is 4.79 Å². The number of carbonyl (C=O) groups excluding carboxylic acids is 1. The monoisotopic (exact) mass is 214 g/mol. The molecule has 5 heteroatoms. The van der Waals surface area contributed by atoms with Gasteiger partial charge in [0.15, 0.2) is 0 Å². The molecule has 0 bridgehead atoms. The van der Waals surface area contributed by atoms with E-state index in [1.807, 2.05) is 20.8 Å². The summed E-state index contributed by atoms with van der Waals surface area (Å²) in [5.41, 5.74) is -0.419. The average molecular weight is 214 g/mol. The number of carbonyl (C=O) groups is 2. The standard InChI is InChI=1S/C10H18N2O3/c1-10(2,3)7(12-9(14)15)8(13)11-6-4-5-6/h6-7,12H,4-5H2,1-3H3,(H,11,13)(H,14,15). The lowest BCUT2D eigenvalue weighted by atomic mass is 9.86. The SMILES string of the molecule is CC(C)(C)C(NC(=O)O)C(=O)NC1CC1. The van der Waals surface area contributed by atoms with E-state index >= 15 is 0 Å². The maximum absolute atomic E-state index is 11.7. The molecule has 15 heavy (non-hydrogen) atoms. The van der Waals surface area contributed by atoms with Gasteiger partial charge in [-0.25, -0.2) is 4.79 Å². The van der Waals surface area contributed by atoms with Crippen molar-refractivity contribution in [1.82, 2.24) is 10.6 Å². The van der Waals surface area contributed by atoms with Crippen LogP contribution in [0.1, 0.15) is 33.6 Å². The van der Waals surface area contributed by atoms with Crippen molar-refractivity contribution in [3.05, 3.63) is 0 Å². The van der Waals surface area contributed by atoms with E-state index in [-0.39, 0.29) is 11.9 Å². The Bertz CT molecular complexity index is 266. The average Bonchev–Trinajstić information content (AvgIpc) is 2.81. The Balaban J connectivity index is 2.61. The molecule has 1 saturated carbocycles. The molecule has 1 unspecified atom stereocenters. The molecule has 1 aliphatic rings. The second-order valence-corrected chi connectivity index (χ2v) is 5.03. The van der Waals surface area contributed by atoms with E-state index in [9.17, 15) is 9.59 Å². The van der Waals surface area contributed by atoms with E-state index in [1.54, 1.807) is 0 Å². The second kappa shape index (κ2) is 4.08. The van der Waals surface area contributed by atoms with Gasteiger partial charge in [-0.05, 0) is 18.3 Å². The Kier molecular flexibility index (Phi) is 3.21. The van der Waals surface area contributed by atoms with Crippen LogP contribution < -0.4 is 10.6 Å². The number of amides is 2. The van der Waals surface area contributed by atoms with Gasteiger partial charge in [-0.15, -0.1) is 0 Å². The molecule has 0 radical (unpaired) electrons. The molecule has 2 amide bonds. The summed E-state index contributed by atoms with van der Waals surface area (Å²) >= 11 is 0. The first kappa shape index (κ1) is 11.8. The summed E-state index contributed by atoms with van der Waals surface area (Å²) in [6.07, 6.45) is 0.826. The van der Waals surface area contributed by atoms with Crippen molar-refractivity contribution in [2.24, 2.45) is 5.41 Å². The summed E-state index contributed by atoms with van der Waals surface area (Å²) in [5.74, 6) is -0.229. The Morgan fingerprint density at radius 1 is 1.33 bits per heavy atom. The van der Waals surface area contributed by atoms with Crippen LogP contribution in [-0.4, -0.2) is 29.2 Å². The minimum atomic E-state index is -1.17. The number of hydrogen-bond donors (Lipinski definition) is 3. The highest BCUT2D eigenvalue weighted by Crippen LogP contribution is 2.23. The van der Waals surface area contributed by atoms with E-state index in [1.165, 1.54) is 0 Å². The van der Waals surface area contributed by atoms with Gasteiger partial charge >= 0.3 is 6.09 Å². The first-order valence-corrected chi connectivity index (χ1v) is 5.10. The molecule has 5 nitrogen and oxygen atoms in total. The van der Waals surface area contributed by atoms with Gasteiger partial charge in [-0.1, -0.05) is 20.8 Å². The topological polar surface area (TPSA) is 78.4 Å². The Labute approximate surface area is 89.2 Å². The third-order valence-corrected chi connectivity index (χ3v) is 2.32. The van der Waals surface area contributed by atoms with Crippen LogP contribution in [0.3, 0.4) is 0 Å². The molecule has 0 aliphatic heterocycles. The van der Waals surface area contributed by atoms with Crippen LogP contribution in [0.15, 0.2) is 0 Å². The van der Waals surface area contributed by atoms with Crippen molar-refractivity contribution in [2.75, 3.05) is 0 Å². The molecule has 0 aromatic rings. The van der Waals surface area contributed by atoms with Gasteiger partial charge in [0, 0.05) is 6.04 Å². The minimum absolute atomic E-state index is 0.229. The zero-order valence-electron chi connectivity index (χ0n) is 9.33. The quantitative estimate of drug-likeness (QED) is 0.654. The van der Waals surface area contributed by atoms with E-state index in [2.05, 4.69) is 10.6 Å². The molecule has 0 saturated heterocycles. The van der Waals surface area contributed by atoms with Crippen molar-refractivity contribution in [2.45, 2.75) is 45.7 Å². The summed E-state index contributed by atoms with van der Waals surface area (Å²) in [4.78, 5) is 22.3. The Morgan fingerprint density at radius 3 is 2.20 bits per heavy atom. The highest BCUT2D eigenvalue weighted by Gasteiger charge is 2.35. The fourth-order valence-electron chi connectivity index (χ4n) is 1.31. The molecule has 0 heterocycles. The zero-order valence-corrected chi connectivity index (χ0v) is 9.33. The van der Waals surface area contributed by atoms with E-state index in [0.29, 0.717) is 0 Å². The summed E-state index contributed by atoms with van der Waals surface area (Å²) in [5, 5.41) is 13.7. The fourth-order valence-corrected chi connectivity index (χ4v) is 1.31. The first-order valence-electron chi connectivity index (χ1n) is 5.10. The summed E-state index contributed by atoms with van der Waals surface area (Å²) < 4.78 is 0. The number of hydrogen-bond acceptors (Lipinski definition) is 2. The highest BCUT2D eigenvalue weighted by atomic mass is 16.4. The minimum Gasteiger partial charge on any atom is -0.465 e. The first-order chi connectivity index (χ1) is 6.80. The highest BCUT2D eigenvalue weighted by molar-refractivity contribution is 5.86. The predicted octanol–water partition coefficient (Wildman–Crippen LogP) is 0.947. The molecule has 0 aromatic heterocycles. The summed E-state index contributed by atoms with van der Waals surface area (Å²) in [6, 6.07) is -0.450. The number of nitrogens with one attached hydrogen (secondary N) is 2. The van der Waals surface area contributed by atoms with Crippen molar-refractivity contribution < 1.29 is 14.7 Å². The smallest absolute Gasteiger partial charge is 0.405 e. The maximum atomic E-state index is 11.7. The molecular formula is C10H18N2O3. The van der Waals surface area contributed by atoms with Gasteiger partial charge in [0.2, 0.25) is 5.91 Å². The molecular weight excluding hydrogens is 196 g/mol. The third-order valence-electron chi connectivity index (χ3n) is 2.32. The van der Waals surface area contributed by atoms with Crippen molar-refractivity contribution in [1.29, 1.82) is 0 Å². The molecule has 1 aliphatic carbocycles. The lowest BCUT2D eigenvalue weighted by Crippen LogP contribution is -2.53. The Hall–Kier alpha value is -1.26. The molecule has 1 atom stereocenters. The fraction of sp³-hybridized carbons (Fsp3) is 0.800. The van der Waals surface area contributed by atoms with Gasteiger partial charge in [0.25, 0.3) is 0 Å². The van der Waals surface area contributed by atoms with Gasteiger partial charge in [-0.2, -0.15) is 0 Å². The van der Waals surface area contributed by atoms with Crippen LogP contribution in [0.4, 0.5) is 4.79 Å². The maximum Gasteiger partial charge on any atom is 0.405 e. The summed E-state index contributed by atoms with van der Waals surface area (Å²) in [7, 11) is 0. The third kappa shape index (κ3) is 3.77. The molecule has 1 rings (SSSR count).